The second-order valence-corrected chi connectivity index (χ2v) is 5.26. The SMILES string of the molecule is CC(O)CC1CCCCN1c1ccccc1CN. The number of para-hydroxylation sites is 1. The Labute approximate surface area is 110 Å². The van der Waals surface area contributed by atoms with E-state index in [2.05, 4.69) is 23.1 Å². The molecule has 0 saturated carbocycles. The van der Waals surface area contributed by atoms with Gasteiger partial charge in [0.1, 0.15) is 0 Å². The number of nitrogens with zero attached hydrogens (tertiary/aromatic N) is 1. The van der Waals surface area contributed by atoms with Crippen LogP contribution in [0.2, 0.25) is 0 Å². The zero-order valence-electron chi connectivity index (χ0n) is 11.2. The highest BCUT2D eigenvalue weighted by Gasteiger charge is 2.24. The Bertz CT molecular complexity index is 379. The average molecular weight is 248 g/mol. The van der Waals surface area contributed by atoms with E-state index in [-0.39, 0.29) is 6.10 Å². The number of aliphatic hydroxyl groups is 1. The van der Waals surface area contributed by atoms with Gasteiger partial charge in [0.25, 0.3) is 0 Å². The number of aliphatic hydroxyl groups excluding tert-OH is 1. The molecule has 1 fully saturated rings. The number of hydrogen-bond donors (Lipinski definition) is 2. The summed E-state index contributed by atoms with van der Waals surface area (Å²) in [6.07, 6.45) is 4.28. The molecule has 0 radical (unpaired) electrons. The highest BCUT2D eigenvalue weighted by atomic mass is 16.3. The Morgan fingerprint density at radius 3 is 2.89 bits per heavy atom. The molecule has 1 aromatic carbocycles. The quantitative estimate of drug-likeness (QED) is 0.859. The first-order chi connectivity index (χ1) is 8.72. The van der Waals surface area contributed by atoms with E-state index in [1.807, 2.05) is 13.0 Å². The van der Waals surface area contributed by atoms with Gasteiger partial charge in [-0.25, -0.2) is 0 Å². The van der Waals surface area contributed by atoms with Crippen molar-refractivity contribution in [1.82, 2.24) is 0 Å². The topological polar surface area (TPSA) is 49.5 Å². The fraction of sp³-hybridized carbons (Fsp3) is 0.600. The molecule has 100 valence electrons. The Balaban J connectivity index is 2.22. The molecule has 1 heterocycles. The minimum Gasteiger partial charge on any atom is -0.393 e. The predicted molar refractivity (Wildman–Crippen MR) is 75.6 cm³/mol. The third-order valence-electron chi connectivity index (χ3n) is 3.76. The summed E-state index contributed by atoms with van der Waals surface area (Å²) in [5, 5.41) is 9.64. The Kier molecular flexibility index (Phi) is 4.61. The van der Waals surface area contributed by atoms with Crippen LogP contribution >= 0.6 is 0 Å². The zero-order chi connectivity index (χ0) is 13.0. The van der Waals surface area contributed by atoms with Gasteiger partial charge >= 0.3 is 0 Å². The lowest BCUT2D eigenvalue weighted by atomic mass is 9.95. The standard InChI is InChI=1S/C15H24N2O/c1-12(18)10-14-7-4-5-9-17(14)15-8-3-2-6-13(15)11-16/h2-3,6,8,12,14,18H,4-5,7,9-11,16H2,1H3. The van der Waals surface area contributed by atoms with Crippen molar-refractivity contribution >= 4 is 5.69 Å². The van der Waals surface area contributed by atoms with Crippen molar-refractivity contribution in [3.63, 3.8) is 0 Å². The normalized spacial score (nSPS) is 21.9. The van der Waals surface area contributed by atoms with E-state index in [1.54, 1.807) is 0 Å². The van der Waals surface area contributed by atoms with Crippen molar-refractivity contribution in [2.75, 3.05) is 11.4 Å². The number of rotatable bonds is 4. The van der Waals surface area contributed by atoms with E-state index in [0.29, 0.717) is 12.6 Å². The molecule has 1 aromatic rings. The number of nitrogens with two attached hydrogens (primary N) is 1. The van der Waals surface area contributed by atoms with Crippen LogP contribution in [-0.4, -0.2) is 23.8 Å². The molecule has 0 bridgehead atoms. The van der Waals surface area contributed by atoms with Gasteiger partial charge in [-0.2, -0.15) is 0 Å². The molecule has 0 aliphatic carbocycles. The first kappa shape index (κ1) is 13.4. The largest absolute Gasteiger partial charge is 0.393 e. The van der Waals surface area contributed by atoms with Gasteiger partial charge in [-0.15, -0.1) is 0 Å². The Morgan fingerprint density at radius 2 is 2.17 bits per heavy atom. The maximum absolute atomic E-state index is 9.64. The average Bonchev–Trinajstić information content (AvgIpc) is 2.39. The molecule has 2 unspecified atom stereocenters. The summed E-state index contributed by atoms with van der Waals surface area (Å²) in [6.45, 7) is 3.53. The molecule has 3 nitrogen and oxygen atoms in total. The molecule has 1 saturated heterocycles. The van der Waals surface area contributed by atoms with Crippen molar-refractivity contribution < 1.29 is 5.11 Å². The third-order valence-corrected chi connectivity index (χ3v) is 3.76. The lowest BCUT2D eigenvalue weighted by Crippen LogP contribution is -2.41. The van der Waals surface area contributed by atoms with Crippen molar-refractivity contribution in [2.24, 2.45) is 5.73 Å². The fourth-order valence-corrected chi connectivity index (χ4v) is 2.92. The van der Waals surface area contributed by atoms with Crippen LogP contribution in [0.1, 0.15) is 38.2 Å². The summed E-state index contributed by atoms with van der Waals surface area (Å²) >= 11 is 0. The van der Waals surface area contributed by atoms with E-state index in [9.17, 15) is 5.11 Å². The number of piperidine rings is 1. The van der Waals surface area contributed by atoms with E-state index in [1.165, 1.54) is 30.5 Å². The molecule has 3 heteroatoms. The van der Waals surface area contributed by atoms with Crippen LogP contribution in [0.15, 0.2) is 24.3 Å². The molecule has 0 amide bonds. The minimum absolute atomic E-state index is 0.236. The zero-order valence-corrected chi connectivity index (χ0v) is 11.2. The maximum atomic E-state index is 9.64. The van der Waals surface area contributed by atoms with Crippen molar-refractivity contribution in [1.29, 1.82) is 0 Å². The summed E-state index contributed by atoms with van der Waals surface area (Å²) < 4.78 is 0. The molecular formula is C15H24N2O. The highest BCUT2D eigenvalue weighted by molar-refractivity contribution is 5.54. The molecule has 1 aliphatic rings. The predicted octanol–water partition coefficient (Wildman–Crippen LogP) is 2.28. The molecule has 18 heavy (non-hydrogen) atoms. The van der Waals surface area contributed by atoms with Gasteiger partial charge in [0.15, 0.2) is 0 Å². The van der Waals surface area contributed by atoms with E-state index < -0.39 is 0 Å². The molecule has 2 atom stereocenters. The van der Waals surface area contributed by atoms with Gasteiger partial charge in [0.05, 0.1) is 6.10 Å². The van der Waals surface area contributed by atoms with Crippen LogP contribution in [-0.2, 0) is 6.54 Å². The maximum Gasteiger partial charge on any atom is 0.0531 e. The lowest BCUT2D eigenvalue weighted by Gasteiger charge is -2.39. The number of hydrogen-bond acceptors (Lipinski definition) is 3. The van der Waals surface area contributed by atoms with Crippen LogP contribution in [0, 0.1) is 0 Å². The number of benzene rings is 1. The highest BCUT2D eigenvalue weighted by Crippen LogP contribution is 2.29. The van der Waals surface area contributed by atoms with Gasteiger partial charge < -0.3 is 15.7 Å². The Morgan fingerprint density at radius 1 is 1.39 bits per heavy atom. The number of anilines is 1. The van der Waals surface area contributed by atoms with E-state index >= 15 is 0 Å². The summed E-state index contributed by atoms with van der Waals surface area (Å²) in [5.41, 5.74) is 8.29. The third kappa shape index (κ3) is 3.03. The molecule has 3 N–H and O–H groups in total. The van der Waals surface area contributed by atoms with Crippen molar-refractivity contribution in [3.8, 4) is 0 Å². The van der Waals surface area contributed by atoms with Crippen molar-refractivity contribution in [2.45, 2.75) is 51.3 Å². The first-order valence-corrected chi connectivity index (χ1v) is 6.95. The summed E-state index contributed by atoms with van der Waals surface area (Å²) in [7, 11) is 0. The van der Waals surface area contributed by atoms with E-state index in [4.69, 9.17) is 5.73 Å². The van der Waals surface area contributed by atoms with Crippen LogP contribution in [0.5, 0.6) is 0 Å². The van der Waals surface area contributed by atoms with Crippen LogP contribution in [0.3, 0.4) is 0 Å². The lowest BCUT2D eigenvalue weighted by molar-refractivity contribution is 0.167. The fourth-order valence-electron chi connectivity index (χ4n) is 2.92. The second kappa shape index (κ2) is 6.21. The van der Waals surface area contributed by atoms with Crippen molar-refractivity contribution in [3.05, 3.63) is 29.8 Å². The second-order valence-electron chi connectivity index (χ2n) is 5.26. The van der Waals surface area contributed by atoms with Gasteiger partial charge in [-0.3, -0.25) is 0 Å². The molecular weight excluding hydrogens is 224 g/mol. The van der Waals surface area contributed by atoms with Gasteiger partial charge in [-0.05, 0) is 44.2 Å². The molecule has 2 rings (SSSR count). The van der Waals surface area contributed by atoms with Crippen LogP contribution in [0.25, 0.3) is 0 Å². The molecule has 0 aromatic heterocycles. The summed E-state index contributed by atoms with van der Waals surface area (Å²) in [4.78, 5) is 2.44. The van der Waals surface area contributed by atoms with E-state index in [0.717, 1.165) is 13.0 Å². The summed E-state index contributed by atoms with van der Waals surface area (Å²) in [5.74, 6) is 0. The van der Waals surface area contributed by atoms with Gasteiger partial charge in [-0.1, -0.05) is 18.2 Å². The first-order valence-electron chi connectivity index (χ1n) is 6.95. The van der Waals surface area contributed by atoms with Gasteiger partial charge in [0, 0.05) is 24.8 Å². The monoisotopic (exact) mass is 248 g/mol. The molecule has 1 aliphatic heterocycles. The van der Waals surface area contributed by atoms with Crippen LogP contribution < -0.4 is 10.6 Å². The minimum atomic E-state index is -0.236. The van der Waals surface area contributed by atoms with Crippen LogP contribution in [0.4, 0.5) is 5.69 Å². The smallest absolute Gasteiger partial charge is 0.0531 e. The van der Waals surface area contributed by atoms with Gasteiger partial charge in [0.2, 0.25) is 0 Å². The molecule has 0 spiro atoms. The Hall–Kier alpha value is -1.06. The summed E-state index contributed by atoms with van der Waals surface area (Å²) in [6, 6.07) is 8.82.